The van der Waals surface area contributed by atoms with Crippen molar-refractivity contribution in [1.82, 2.24) is 20.1 Å². The summed E-state index contributed by atoms with van der Waals surface area (Å²) in [4.78, 5) is 18.7. The van der Waals surface area contributed by atoms with Crippen molar-refractivity contribution in [2.75, 3.05) is 39.3 Å². The number of halogens is 5. The molecule has 2 N–H and O–H groups in total. The summed E-state index contributed by atoms with van der Waals surface area (Å²) in [6.45, 7) is 1.27. The molecule has 1 aromatic carbocycles. The number of alkyl halides is 2. The number of amides is 1. The molecule has 10 heteroatoms. The lowest BCUT2D eigenvalue weighted by Gasteiger charge is -2.40. The highest BCUT2D eigenvalue weighted by Gasteiger charge is 2.43. The Balaban J connectivity index is 1.44. The first-order chi connectivity index (χ1) is 13.2. The fourth-order valence-corrected chi connectivity index (χ4v) is 4.04. The van der Waals surface area contributed by atoms with Gasteiger partial charge in [0.2, 0.25) is 0 Å². The van der Waals surface area contributed by atoms with Gasteiger partial charge in [-0.05, 0) is 18.6 Å². The predicted molar refractivity (Wildman–Crippen MR) is 96.9 cm³/mol. The molecular weight excluding hydrogens is 400 g/mol. The van der Waals surface area contributed by atoms with Crippen molar-refractivity contribution in [2.24, 2.45) is 0 Å². The van der Waals surface area contributed by atoms with Crippen LogP contribution >= 0.6 is 11.6 Å². The summed E-state index contributed by atoms with van der Waals surface area (Å²) >= 11 is 5.84. The monoisotopic (exact) mass is 418 g/mol. The van der Waals surface area contributed by atoms with Gasteiger partial charge in [0.15, 0.2) is 5.82 Å². The van der Waals surface area contributed by atoms with Gasteiger partial charge in [-0.25, -0.2) is 17.6 Å². The van der Waals surface area contributed by atoms with Gasteiger partial charge >= 0.3 is 0 Å². The van der Waals surface area contributed by atoms with Crippen LogP contribution in [0.2, 0.25) is 5.02 Å². The highest BCUT2D eigenvalue weighted by Crippen LogP contribution is 2.31. The van der Waals surface area contributed by atoms with Crippen LogP contribution in [0.15, 0.2) is 12.1 Å². The Morgan fingerprint density at radius 1 is 1.29 bits per heavy atom. The number of benzene rings is 1. The number of carbonyl (C=O) groups excluding carboxylic acids is 1. The topological polar surface area (TPSA) is 51.4 Å². The van der Waals surface area contributed by atoms with E-state index >= 15 is 0 Å². The summed E-state index contributed by atoms with van der Waals surface area (Å²) in [7, 11) is 0. The molecule has 0 unspecified atom stereocenters. The van der Waals surface area contributed by atoms with E-state index in [0.717, 1.165) is 6.07 Å². The standard InChI is InChI=1S/C18H19ClF4N4O/c19-14-11(20)1-2-12-13(14)15(21)16(25-12)17(28)27-6-4-24-10(7-27)3-5-26-8-18(22,23)9-26/h1-2,10,24-25H,3-9H2/t10-/m1/s1. The van der Waals surface area contributed by atoms with Crippen molar-refractivity contribution < 1.29 is 22.4 Å². The number of fused-ring (bicyclic) bond motifs is 1. The zero-order valence-corrected chi connectivity index (χ0v) is 15.6. The van der Waals surface area contributed by atoms with Crippen molar-refractivity contribution in [1.29, 1.82) is 0 Å². The maximum absolute atomic E-state index is 14.7. The average Bonchev–Trinajstić information content (AvgIpc) is 2.98. The van der Waals surface area contributed by atoms with E-state index in [2.05, 4.69) is 10.3 Å². The van der Waals surface area contributed by atoms with Crippen LogP contribution in [0.25, 0.3) is 10.9 Å². The Kier molecular flexibility index (Phi) is 5.01. The van der Waals surface area contributed by atoms with Gasteiger partial charge in [0.05, 0.1) is 29.0 Å². The average molecular weight is 419 g/mol. The summed E-state index contributed by atoms with van der Waals surface area (Å²) in [6.07, 6.45) is 0.603. The van der Waals surface area contributed by atoms with Crippen LogP contribution in [-0.2, 0) is 0 Å². The third kappa shape index (κ3) is 3.58. The molecule has 4 rings (SSSR count). The molecule has 0 radical (unpaired) electrons. The van der Waals surface area contributed by atoms with Gasteiger partial charge < -0.3 is 15.2 Å². The van der Waals surface area contributed by atoms with E-state index in [1.807, 2.05) is 0 Å². The minimum absolute atomic E-state index is 0.0691. The molecule has 2 saturated heterocycles. The van der Waals surface area contributed by atoms with Crippen molar-refractivity contribution >= 4 is 28.4 Å². The van der Waals surface area contributed by atoms with E-state index in [9.17, 15) is 22.4 Å². The molecule has 2 aliphatic heterocycles. The van der Waals surface area contributed by atoms with Gasteiger partial charge in [-0.3, -0.25) is 9.69 Å². The maximum Gasteiger partial charge on any atom is 0.273 e. The largest absolute Gasteiger partial charge is 0.348 e. The van der Waals surface area contributed by atoms with E-state index in [-0.39, 0.29) is 40.8 Å². The molecule has 1 aromatic heterocycles. The number of nitrogens with one attached hydrogen (secondary N) is 2. The first-order valence-electron chi connectivity index (χ1n) is 9.03. The van der Waals surface area contributed by atoms with Gasteiger partial charge in [0, 0.05) is 32.2 Å². The number of likely N-dealkylation sites (tertiary alicyclic amines) is 1. The molecule has 2 aromatic rings. The molecule has 2 aliphatic rings. The van der Waals surface area contributed by atoms with Crippen LogP contribution in [-0.4, -0.2) is 71.9 Å². The first kappa shape index (κ1) is 19.5. The third-order valence-corrected chi connectivity index (χ3v) is 5.62. The Labute approximate surface area is 163 Å². The smallest absolute Gasteiger partial charge is 0.273 e. The normalized spacial score (nSPS) is 22.5. The molecule has 0 aliphatic carbocycles. The summed E-state index contributed by atoms with van der Waals surface area (Å²) in [5.41, 5.74) is -0.0109. The molecule has 3 heterocycles. The Bertz CT molecular complexity index is 911. The zero-order chi connectivity index (χ0) is 20.1. The van der Waals surface area contributed by atoms with Crippen LogP contribution in [0.3, 0.4) is 0 Å². The lowest BCUT2D eigenvalue weighted by molar-refractivity contribution is -0.131. The molecular formula is C18H19ClF4N4O. The number of hydrogen-bond donors (Lipinski definition) is 2. The minimum Gasteiger partial charge on any atom is -0.348 e. The zero-order valence-electron chi connectivity index (χ0n) is 14.9. The van der Waals surface area contributed by atoms with Gasteiger partial charge in [0.1, 0.15) is 11.5 Å². The molecule has 0 spiro atoms. The molecule has 0 saturated carbocycles. The SMILES string of the molecule is O=C(c1[nH]c2ccc(F)c(Cl)c2c1F)N1CCN[C@H](CCN2CC(F)(F)C2)C1. The first-order valence-corrected chi connectivity index (χ1v) is 9.41. The third-order valence-electron chi connectivity index (χ3n) is 5.25. The van der Waals surface area contributed by atoms with Gasteiger partial charge in [0.25, 0.3) is 11.8 Å². The van der Waals surface area contributed by atoms with Crippen molar-refractivity contribution in [2.45, 2.75) is 18.4 Å². The number of aromatic nitrogens is 1. The fraction of sp³-hybridized carbons (Fsp3) is 0.500. The van der Waals surface area contributed by atoms with E-state index in [1.54, 1.807) is 4.90 Å². The number of nitrogens with zero attached hydrogens (tertiary/aromatic N) is 2. The molecule has 0 bridgehead atoms. The van der Waals surface area contributed by atoms with Crippen LogP contribution in [0.1, 0.15) is 16.9 Å². The lowest BCUT2D eigenvalue weighted by Crippen LogP contribution is -2.58. The van der Waals surface area contributed by atoms with Gasteiger partial charge in [-0.15, -0.1) is 0 Å². The second-order valence-electron chi connectivity index (χ2n) is 7.36. The van der Waals surface area contributed by atoms with Crippen LogP contribution in [0.4, 0.5) is 17.6 Å². The number of aromatic amines is 1. The minimum atomic E-state index is -2.60. The molecule has 1 atom stereocenters. The van der Waals surface area contributed by atoms with Crippen LogP contribution in [0, 0.1) is 11.6 Å². The Hall–Kier alpha value is -1.84. The number of piperazine rings is 1. The summed E-state index contributed by atoms with van der Waals surface area (Å²) in [5.74, 6) is -4.77. The van der Waals surface area contributed by atoms with E-state index < -0.39 is 23.5 Å². The fourth-order valence-electron chi connectivity index (χ4n) is 3.80. The second kappa shape index (κ2) is 7.20. The van der Waals surface area contributed by atoms with Crippen LogP contribution < -0.4 is 5.32 Å². The summed E-state index contributed by atoms with van der Waals surface area (Å²) in [6, 6.07) is 2.37. The van der Waals surface area contributed by atoms with Crippen LogP contribution in [0.5, 0.6) is 0 Å². The van der Waals surface area contributed by atoms with E-state index in [0.29, 0.717) is 32.6 Å². The van der Waals surface area contributed by atoms with Gasteiger partial charge in [-0.1, -0.05) is 11.6 Å². The van der Waals surface area contributed by atoms with Gasteiger partial charge in [-0.2, -0.15) is 0 Å². The highest BCUT2D eigenvalue weighted by atomic mass is 35.5. The van der Waals surface area contributed by atoms with E-state index in [4.69, 9.17) is 11.6 Å². The quantitative estimate of drug-likeness (QED) is 0.751. The Morgan fingerprint density at radius 3 is 2.75 bits per heavy atom. The summed E-state index contributed by atoms with van der Waals surface area (Å²) in [5, 5.41) is 2.75. The molecule has 1 amide bonds. The van der Waals surface area contributed by atoms with Crippen molar-refractivity contribution in [3.63, 3.8) is 0 Å². The number of carbonyl (C=O) groups is 1. The predicted octanol–water partition coefficient (Wildman–Crippen LogP) is 2.85. The second-order valence-corrected chi connectivity index (χ2v) is 7.73. The molecule has 5 nitrogen and oxygen atoms in total. The molecule has 152 valence electrons. The lowest BCUT2D eigenvalue weighted by atomic mass is 10.1. The summed E-state index contributed by atoms with van der Waals surface area (Å²) < 4.78 is 54.2. The van der Waals surface area contributed by atoms with Crippen molar-refractivity contribution in [3.8, 4) is 0 Å². The maximum atomic E-state index is 14.7. The number of H-pyrrole nitrogens is 1. The number of hydrogen-bond acceptors (Lipinski definition) is 3. The van der Waals surface area contributed by atoms with E-state index in [1.165, 1.54) is 11.0 Å². The van der Waals surface area contributed by atoms with Crippen molar-refractivity contribution in [3.05, 3.63) is 34.5 Å². The number of rotatable bonds is 4. The molecule has 28 heavy (non-hydrogen) atoms. The molecule has 2 fully saturated rings. The Morgan fingerprint density at radius 2 is 2.04 bits per heavy atom. The highest BCUT2D eigenvalue weighted by molar-refractivity contribution is 6.35.